The van der Waals surface area contributed by atoms with E-state index in [1.165, 1.54) is 11.0 Å². The van der Waals surface area contributed by atoms with Crippen LogP contribution in [0.4, 0.5) is 0 Å². The van der Waals surface area contributed by atoms with E-state index < -0.39 is 18.5 Å². The van der Waals surface area contributed by atoms with Crippen LogP contribution in [0.1, 0.15) is 23.4 Å². The highest BCUT2D eigenvalue weighted by atomic mass is 35.5. The van der Waals surface area contributed by atoms with Crippen molar-refractivity contribution in [2.75, 3.05) is 19.7 Å². The van der Waals surface area contributed by atoms with E-state index in [9.17, 15) is 14.4 Å². The number of likely N-dealkylation sites (tertiary alicyclic amines) is 1. The van der Waals surface area contributed by atoms with E-state index >= 15 is 0 Å². The van der Waals surface area contributed by atoms with Gasteiger partial charge in [-0.05, 0) is 37.1 Å². The Morgan fingerprint density at radius 1 is 1.22 bits per heavy atom. The van der Waals surface area contributed by atoms with E-state index in [0.29, 0.717) is 35.7 Å². The molecule has 142 valence electrons. The number of nitrogens with zero attached hydrogens (tertiary/aromatic N) is 1. The number of furan rings is 1. The van der Waals surface area contributed by atoms with Crippen LogP contribution in [0.5, 0.6) is 0 Å². The number of carbonyl (C=O) groups is 3. The van der Waals surface area contributed by atoms with E-state index in [2.05, 4.69) is 0 Å². The molecule has 1 aliphatic rings. The summed E-state index contributed by atoms with van der Waals surface area (Å²) in [7, 11) is 0. The number of halogens is 1. The fraction of sp³-hybridized carbons (Fsp3) is 0.316. The summed E-state index contributed by atoms with van der Waals surface area (Å²) in [5, 5.41) is 0.496. The molecule has 2 N–H and O–H groups in total. The van der Waals surface area contributed by atoms with Crippen molar-refractivity contribution in [1.82, 2.24) is 4.90 Å². The van der Waals surface area contributed by atoms with Crippen molar-refractivity contribution in [3.63, 3.8) is 0 Å². The first-order valence-corrected chi connectivity index (χ1v) is 8.92. The fourth-order valence-corrected chi connectivity index (χ4v) is 3.21. The summed E-state index contributed by atoms with van der Waals surface area (Å²) < 4.78 is 10.5. The van der Waals surface area contributed by atoms with Gasteiger partial charge in [-0.25, -0.2) is 4.79 Å². The largest absolute Gasteiger partial charge is 0.450 e. The van der Waals surface area contributed by atoms with Crippen LogP contribution in [0.2, 0.25) is 5.02 Å². The van der Waals surface area contributed by atoms with Crippen LogP contribution in [0.3, 0.4) is 0 Å². The second-order valence-electron chi connectivity index (χ2n) is 6.30. The zero-order valence-electron chi connectivity index (χ0n) is 14.5. The minimum Gasteiger partial charge on any atom is -0.450 e. The van der Waals surface area contributed by atoms with Crippen LogP contribution in [0, 0.1) is 5.92 Å². The zero-order valence-corrected chi connectivity index (χ0v) is 15.3. The highest BCUT2D eigenvalue weighted by Crippen LogP contribution is 2.29. The van der Waals surface area contributed by atoms with Crippen LogP contribution in [0.15, 0.2) is 40.8 Å². The average molecular weight is 391 g/mol. The van der Waals surface area contributed by atoms with Gasteiger partial charge >= 0.3 is 5.97 Å². The van der Waals surface area contributed by atoms with E-state index in [1.807, 2.05) is 0 Å². The van der Waals surface area contributed by atoms with Gasteiger partial charge in [-0.1, -0.05) is 23.7 Å². The SMILES string of the molecule is NC(=O)[C@H]1CCCN(C(=O)COC(=O)c2ccc(-c3ccccc3Cl)o2)C1. The Labute approximate surface area is 161 Å². The van der Waals surface area contributed by atoms with Crippen molar-refractivity contribution < 1.29 is 23.5 Å². The van der Waals surface area contributed by atoms with Gasteiger partial charge in [-0.3, -0.25) is 9.59 Å². The molecule has 1 atom stereocenters. The normalized spacial score (nSPS) is 16.8. The number of hydrogen-bond donors (Lipinski definition) is 1. The molecule has 0 spiro atoms. The average Bonchev–Trinajstić information content (AvgIpc) is 3.16. The minimum absolute atomic E-state index is 0.0219. The summed E-state index contributed by atoms with van der Waals surface area (Å²) in [5.74, 6) is -1.49. The quantitative estimate of drug-likeness (QED) is 0.790. The first-order valence-electron chi connectivity index (χ1n) is 8.54. The van der Waals surface area contributed by atoms with Crippen molar-refractivity contribution in [2.24, 2.45) is 11.7 Å². The molecular weight excluding hydrogens is 372 g/mol. The lowest BCUT2D eigenvalue weighted by atomic mass is 9.97. The summed E-state index contributed by atoms with van der Waals surface area (Å²) in [5.41, 5.74) is 5.96. The molecule has 2 amide bonds. The minimum atomic E-state index is -0.745. The second-order valence-corrected chi connectivity index (χ2v) is 6.71. The molecule has 3 rings (SSSR count). The molecule has 27 heavy (non-hydrogen) atoms. The van der Waals surface area contributed by atoms with Crippen LogP contribution in [0.25, 0.3) is 11.3 Å². The number of esters is 1. The number of benzene rings is 1. The number of hydrogen-bond acceptors (Lipinski definition) is 5. The number of ether oxygens (including phenoxy) is 1. The van der Waals surface area contributed by atoms with Crippen LogP contribution in [-0.4, -0.2) is 42.4 Å². The summed E-state index contributed by atoms with van der Waals surface area (Å²) in [6.07, 6.45) is 1.35. The standard InChI is InChI=1S/C19H19ClN2O5/c20-14-6-2-1-5-13(14)15-7-8-16(27-15)19(25)26-11-17(23)22-9-3-4-12(10-22)18(21)24/h1-2,5-8,12H,3-4,9-11H2,(H2,21,24)/t12-/m0/s1. The number of primary amides is 1. The number of amides is 2. The van der Waals surface area contributed by atoms with Crippen molar-refractivity contribution in [3.8, 4) is 11.3 Å². The first-order chi connectivity index (χ1) is 13.0. The highest BCUT2D eigenvalue weighted by Gasteiger charge is 2.27. The maximum Gasteiger partial charge on any atom is 0.374 e. The predicted octanol–water partition coefficient (Wildman–Crippen LogP) is 2.48. The van der Waals surface area contributed by atoms with Gasteiger partial charge in [0.15, 0.2) is 6.61 Å². The third kappa shape index (κ3) is 4.49. The molecule has 0 bridgehead atoms. The molecule has 1 saturated heterocycles. The summed E-state index contributed by atoms with van der Waals surface area (Å²) >= 11 is 6.11. The number of piperidine rings is 1. The highest BCUT2D eigenvalue weighted by molar-refractivity contribution is 6.33. The van der Waals surface area contributed by atoms with Gasteiger partial charge in [0, 0.05) is 18.7 Å². The Morgan fingerprint density at radius 2 is 2.00 bits per heavy atom. The smallest absolute Gasteiger partial charge is 0.374 e. The predicted molar refractivity (Wildman–Crippen MR) is 97.9 cm³/mol. The van der Waals surface area contributed by atoms with Gasteiger partial charge in [0.2, 0.25) is 11.7 Å². The molecule has 1 aromatic heterocycles. The lowest BCUT2D eigenvalue weighted by Crippen LogP contribution is -2.45. The molecule has 1 aromatic carbocycles. The molecule has 0 aliphatic carbocycles. The van der Waals surface area contributed by atoms with Gasteiger partial charge in [-0.15, -0.1) is 0 Å². The fourth-order valence-electron chi connectivity index (χ4n) is 2.98. The third-order valence-corrected chi connectivity index (χ3v) is 4.78. The van der Waals surface area contributed by atoms with Gasteiger partial charge < -0.3 is 19.8 Å². The summed E-state index contributed by atoms with van der Waals surface area (Å²) in [4.78, 5) is 37.1. The van der Waals surface area contributed by atoms with Crippen molar-refractivity contribution in [1.29, 1.82) is 0 Å². The molecule has 7 nitrogen and oxygen atoms in total. The molecule has 1 fully saturated rings. The molecule has 0 unspecified atom stereocenters. The third-order valence-electron chi connectivity index (χ3n) is 4.45. The van der Waals surface area contributed by atoms with Crippen molar-refractivity contribution in [3.05, 3.63) is 47.2 Å². The second kappa shape index (κ2) is 8.26. The number of carbonyl (C=O) groups excluding carboxylic acids is 3. The van der Waals surface area contributed by atoms with Gasteiger partial charge in [0.05, 0.1) is 10.9 Å². The molecule has 1 aliphatic heterocycles. The van der Waals surface area contributed by atoms with Gasteiger partial charge in [0.25, 0.3) is 5.91 Å². The molecular formula is C19H19ClN2O5. The Balaban J connectivity index is 1.57. The molecule has 0 radical (unpaired) electrons. The topological polar surface area (TPSA) is 103 Å². The van der Waals surface area contributed by atoms with Crippen molar-refractivity contribution in [2.45, 2.75) is 12.8 Å². The molecule has 8 heteroatoms. The first kappa shape index (κ1) is 19.0. The zero-order chi connectivity index (χ0) is 19.4. The van der Waals surface area contributed by atoms with Crippen LogP contribution >= 0.6 is 11.6 Å². The maximum absolute atomic E-state index is 12.2. The Bertz CT molecular complexity index is 863. The summed E-state index contributed by atoms with van der Waals surface area (Å²) in [6.45, 7) is 0.340. The molecule has 0 saturated carbocycles. The van der Waals surface area contributed by atoms with E-state index in [1.54, 1.807) is 30.3 Å². The monoisotopic (exact) mass is 390 g/mol. The molecule has 2 heterocycles. The van der Waals surface area contributed by atoms with E-state index in [0.717, 1.165) is 0 Å². The van der Waals surface area contributed by atoms with E-state index in [4.69, 9.17) is 26.5 Å². The Hall–Kier alpha value is -2.80. The number of rotatable bonds is 5. The lowest BCUT2D eigenvalue weighted by molar-refractivity contribution is -0.137. The Kier molecular flexibility index (Phi) is 5.81. The van der Waals surface area contributed by atoms with E-state index in [-0.39, 0.29) is 24.1 Å². The maximum atomic E-state index is 12.2. The Morgan fingerprint density at radius 3 is 2.74 bits per heavy atom. The van der Waals surface area contributed by atoms with Gasteiger partial charge in [-0.2, -0.15) is 0 Å². The lowest BCUT2D eigenvalue weighted by Gasteiger charge is -2.30. The summed E-state index contributed by atoms with van der Waals surface area (Å²) in [6, 6.07) is 10.2. The van der Waals surface area contributed by atoms with Crippen molar-refractivity contribution >= 4 is 29.4 Å². The molecule has 2 aromatic rings. The number of nitrogens with two attached hydrogens (primary N) is 1. The van der Waals surface area contributed by atoms with Crippen LogP contribution < -0.4 is 5.73 Å². The van der Waals surface area contributed by atoms with Gasteiger partial charge in [0.1, 0.15) is 5.76 Å². The van der Waals surface area contributed by atoms with Crippen LogP contribution in [-0.2, 0) is 14.3 Å².